The Bertz CT molecular complexity index is 197. The Hall–Kier alpha value is -0.0400. The summed E-state index contributed by atoms with van der Waals surface area (Å²) in [5.74, 6) is 4.76. The molecule has 0 aliphatic heterocycles. The van der Waals surface area contributed by atoms with Gasteiger partial charge >= 0.3 is 0 Å². The van der Waals surface area contributed by atoms with Gasteiger partial charge in [-0.1, -0.05) is 6.92 Å². The molecule has 1 N–H and O–H groups in total. The molecule has 3 aliphatic rings. The van der Waals surface area contributed by atoms with Crippen molar-refractivity contribution >= 4 is 0 Å². The lowest BCUT2D eigenvalue weighted by atomic mass is 9.77. The molecule has 3 aliphatic carbocycles. The standard InChI is InChI=1S/C11H18O/c1-6-2-7-3-9(6)11-5-8(12)4-10(7)11/h6-12H,2-5H2,1H3/t6-,7?,8?,9?,10?,11?/m1/s1. The largest absolute Gasteiger partial charge is 0.393 e. The number of hydrogen-bond acceptors (Lipinski definition) is 1. The first-order chi connectivity index (χ1) is 5.75. The van der Waals surface area contributed by atoms with Crippen LogP contribution in [-0.2, 0) is 0 Å². The van der Waals surface area contributed by atoms with Gasteiger partial charge in [0.1, 0.15) is 0 Å². The Morgan fingerprint density at radius 1 is 0.917 bits per heavy atom. The van der Waals surface area contributed by atoms with Gasteiger partial charge in [0.25, 0.3) is 0 Å². The summed E-state index contributed by atoms with van der Waals surface area (Å²) in [6.07, 6.45) is 5.24. The highest BCUT2D eigenvalue weighted by Gasteiger charge is 2.54. The van der Waals surface area contributed by atoms with E-state index in [2.05, 4.69) is 6.92 Å². The average molecular weight is 166 g/mol. The van der Waals surface area contributed by atoms with Gasteiger partial charge in [-0.05, 0) is 55.3 Å². The van der Waals surface area contributed by atoms with Crippen molar-refractivity contribution in [1.29, 1.82) is 0 Å². The van der Waals surface area contributed by atoms with E-state index < -0.39 is 0 Å². The van der Waals surface area contributed by atoms with Gasteiger partial charge in [-0.2, -0.15) is 0 Å². The summed E-state index contributed by atoms with van der Waals surface area (Å²) in [4.78, 5) is 0. The van der Waals surface area contributed by atoms with Crippen molar-refractivity contribution in [3.63, 3.8) is 0 Å². The molecule has 0 aromatic carbocycles. The fourth-order valence-electron chi connectivity index (χ4n) is 4.39. The maximum absolute atomic E-state index is 9.58. The molecule has 5 unspecified atom stereocenters. The van der Waals surface area contributed by atoms with Gasteiger partial charge in [-0.15, -0.1) is 0 Å². The Labute approximate surface area is 74.2 Å². The summed E-state index contributed by atoms with van der Waals surface area (Å²) in [6.45, 7) is 2.41. The SMILES string of the molecule is C[C@@H]1CC2CC1C1CC(O)CC21. The zero-order valence-corrected chi connectivity index (χ0v) is 7.74. The van der Waals surface area contributed by atoms with E-state index in [1.807, 2.05) is 0 Å². The molecule has 0 saturated heterocycles. The third kappa shape index (κ3) is 0.783. The lowest BCUT2D eigenvalue weighted by Gasteiger charge is -2.28. The van der Waals surface area contributed by atoms with E-state index >= 15 is 0 Å². The summed E-state index contributed by atoms with van der Waals surface area (Å²) in [7, 11) is 0. The smallest absolute Gasteiger partial charge is 0.0546 e. The minimum Gasteiger partial charge on any atom is -0.393 e. The van der Waals surface area contributed by atoms with Crippen LogP contribution in [0.4, 0.5) is 0 Å². The normalized spacial score (nSPS) is 62.5. The number of rotatable bonds is 0. The Balaban J connectivity index is 1.86. The number of aliphatic hydroxyl groups excluding tert-OH is 1. The van der Waals surface area contributed by atoms with E-state index in [0.717, 1.165) is 42.4 Å². The van der Waals surface area contributed by atoms with Crippen LogP contribution < -0.4 is 0 Å². The van der Waals surface area contributed by atoms with Gasteiger partial charge in [0.05, 0.1) is 6.10 Å². The Morgan fingerprint density at radius 3 is 2.50 bits per heavy atom. The topological polar surface area (TPSA) is 20.2 Å². The van der Waals surface area contributed by atoms with E-state index in [0.29, 0.717) is 0 Å². The van der Waals surface area contributed by atoms with E-state index in [-0.39, 0.29) is 6.10 Å². The summed E-state index contributed by atoms with van der Waals surface area (Å²) < 4.78 is 0. The number of fused-ring (bicyclic) bond motifs is 5. The Kier molecular flexibility index (Phi) is 1.39. The molecule has 6 atom stereocenters. The molecule has 0 aromatic rings. The zero-order chi connectivity index (χ0) is 8.29. The van der Waals surface area contributed by atoms with Crippen molar-refractivity contribution < 1.29 is 5.11 Å². The first-order valence-electron chi connectivity index (χ1n) is 5.43. The van der Waals surface area contributed by atoms with Crippen molar-refractivity contribution in [3.05, 3.63) is 0 Å². The molecule has 68 valence electrons. The maximum atomic E-state index is 9.58. The lowest BCUT2D eigenvalue weighted by Crippen LogP contribution is -2.22. The van der Waals surface area contributed by atoms with Crippen molar-refractivity contribution in [2.24, 2.45) is 29.6 Å². The van der Waals surface area contributed by atoms with Crippen LogP contribution in [0.1, 0.15) is 32.6 Å². The van der Waals surface area contributed by atoms with Gasteiger partial charge in [-0.3, -0.25) is 0 Å². The molecule has 0 spiro atoms. The molecule has 2 bridgehead atoms. The molecular formula is C11H18O. The van der Waals surface area contributed by atoms with Crippen molar-refractivity contribution in [2.45, 2.75) is 38.7 Å². The highest BCUT2D eigenvalue weighted by Crippen LogP contribution is 2.60. The number of hydrogen-bond donors (Lipinski definition) is 1. The average Bonchev–Trinajstić information content (AvgIpc) is 2.57. The summed E-state index contributed by atoms with van der Waals surface area (Å²) >= 11 is 0. The molecular weight excluding hydrogens is 148 g/mol. The molecule has 12 heavy (non-hydrogen) atoms. The van der Waals surface area contributed by atoms with Crippen LogP contribution in [0.2, 0.25) is 0 Å². The molecule has 3 rings (SSSR count). The highest BCUT2D eigenvalue weighted by atomic mass is 16.3. The second-order valence-corrected chi connectivity index (χ2v) is 5.33. The fraction of sp³-hybridized carbons (Fsp3) is 1.00. The van der Waals surface area contributed by atoms with Gasteiger partial charge < -0.3 is 5.11 Å². The van der Waals surface area contributed by atoms with Crippen LogP contribution in [0, 0.1) is 29.6 Å². The molecule has 1 nitrogen and oxygen atoms in total. The lowest BCUT2D eigenvalue weighted by molar-refractivity contribution is 0.165. The second-order valence-electron chi connectivity index (χ2n) is 5.33. The molecule has 0 aromatic heterocycles. The van der Waals surface area contributed by atoms with E-state index in [4.69, 9.17) is 0 Å². The Morgan fingerprint density at radius 2 is 1.67 bits per heavy atom. The molecule has 1 heteroatoms. The molecule has 0 heterocycles. The third-order valence-electron chi connectivity index (χ3n) is 4.77. The van der Waals surface area contributed by atoms with Crippen molar-refractivity contribution in [2.75, 3.05) is 0 Å². The van der Waals surface area contributed by atoms with Gasteiger partial charge in [0.15, 0.2) is 0 Å². The summed E-state index contributed by atoms with van der Waals surface area (Å²) in [5, 5.41) is 9.58. The van der Waals surface area contributed by atoms with Gasteiger partial charge in [0, 0.05) is 0 Å². The summed E-state index contributed by atoms with van der Waals surface area (Å²) in [6, 6.07) is 0. The molecule has 3 fully saturated rings. The molecule has 0 amide bonds. The molecule has 3 saturated carbocycles. The minimum absolute atomic E-state index is 0.0515. The van der Waals surface area contributed by atoms with E-state index in [1.165, 1.54) is 12.8 Å². The quantitative estimate of drug-likeness (QED) is 0.584. The van der Waals surface area contributed by atoms with Crippen LogP contribution in [-0.4, -0.2) is 11.2 Å². The first kappa shape index (κ1) is 7.37. The van der Waals surface area contributed by atoms with E-state index in [9.17, 15) is 5.11 Å². The summed E-state index contributed by atoms with van der Waals surface area (Å²) in [5.41, 5.74) is 0. The van der Waals surface area contributed by atoms with E-state index in [1.54, 1.807) is 0 Å². The predicted molar refractivity (Wildman–Crippen MR) is 47.6 cm³/mol. The minimum atomic E-state index is 0.0515. The third-order valence-corrected chi connectivity index (χ3v) is 4.77. The highest BCUT2D eigenvalue weighted by molar-refractivity contribution is 5.03. The van der Waals surface area contributed by atoms with Crippen molar-refractivity contribution in [1.82, 2.24) is 0 Å². The van der Waals surface area contributed by atoms with Crippen LogP contribution in [0.25, 0.3) is 0 Å². The van der Waals surface area contributed by atoms with Crippen LogP contribution >= 0.6 is 0 Å². The predicted octanol–water partition coefficient (Wildman–Crippen LogP) is 2.05. The maximum Gasteiger partial charge on any atom is 0.0546 e. The van der Waals surface area contributed by atoms with Crippen LogP contribution in [0.5, 0.6) is 0 Å². The zero-order valence-electron chi connectivity index (χ0n) is 7.74. The fourth-order valence-corrected chi connectivity index (χ4v) is 4.39. The molecule has 0 radical (unpaired) electrons. The van der Waals surface area contributed by atoms with Gasteiger partial charge in [0.2, 0.25) is 0 Å². The number of aliphatic hydroxyl groups is 1. The second kappa shape index (κ2) is 2.25. The van der Waals surface area contributed by atoms with Crippen LogP contribution in [0.15, 0.2) is 0 Å². The van der Waals surface area contributed by atoms with Gasteiger partial charge in [-0.25, -0.2) is 0 Å². The first-order valence-corrected chi connectivity index (χ1v) is 5.43. The van der Waals surface area contributed by atoms with Crippen LogP contribution in [0.3, 0.4) is 0 Å². The monoisotopic (exact) mass is 166 g/mol. The van der Waals surface area contributed by atoms with Crippen molar-refractivity contribution in [3.8, 4) is 0 Å².